The summed E-state index contributed by atoms with van der Waals surface area (Å²) in [5.74, 6) is 4.47. The topological polar surface area (TPSA) is 54.7 Å². The minimum atomic E-state index is 0.592. The molecule has 2 heterocycles. The van der Waals surface area contributed by atoms with E-state index in [1.807, 2.05) is 0 Å². The highest BCUT2D eigenvalue weighted by Gasteiger charge is 2.33. The maximum Gasteiger partial charge on any atom is 0.191 e. The smallest absolute Gasteiger partial charge is 0.191 e. The molecule has 0 aromatic heterocycles. The first-order valence-corrected chi connectivity index (χ1v) is 12.5. The molecule has 1 unspecified atom stereocenters. The van der Waals surface area contributed by atoms with Crippen LogP contribution in [0.2, 0.25) is 0 Å². The maximum absolute atomic E-state index is 8.20. The molecule has 5 heteroatoms. The molecule has 2 N–H and O–H groups in total. The second-order valence-corrected chi connectivity index (χ2v) is 10.3. The highest BCUT2D eigenvalue weighted by atomic mass is 15.3. The van der Waals surface area contributed by atoms with Crippen molar-refractivity contribution in [3.8, 4) is 0 Å². The van der Waals surface area contributed by atoms with Gasteiger partial charge in [-0.2, -0.15) is 0 Å². The van der Waals surface area contributed by atoms with Gasteiger partial charge in [-0.15, -0.1) is 0 Å². The van der Waals surface area contributed by atoms with E-state index >= 15 is 0 Å². The van der Waals surface area contributed by atoms with Gasteiger partial charge in [0.15, 0.2) is 5.96 Å². The summed E-state index contributed by atoms with van der Waals surface area (Å²) < 4.78 is 0. The Morgan fingerprint density at radius 3 is 2.34 bits per heavy atom. The number of rotatable bonds is 5. The van der Waals surface area contributed by atoms with E-state index in [1.54, 1.807) is 0 Å². The van der Waals surface area contributed by atoms with Crippen LogP contribution in [0.3, 0.4) is 0 Å². The molecule has 0 bridgehead atoms. The lowest BCUT2D eigenvalue weighted by molar-refractivity contribution is 0.174. The normalized spacial score (nSPS) is 35.1. The molecule has 0 radical (unpaired) electrons. The summed E-state index contributed by atoms with van der Waals surface area (Å²) in [7, 11) is 0. The van der Waals surface area contributed by atoms with Crippen LogP contribution in [-0.2, 0) is 0 Å². The van der Waals surface area contributed by atoms with Gasteiger partial charge in [0.1, 0.15) is 5.84 Å². The summed E-state index contributed by atoms with van der Waals surface area (Å²) in [6.45, 7) is 9.18. The van der Waals surface area contributed by atoms with Gasteiger partial charge < -0.3 is 15.1 Å². The van der Waals surface area contributed by atoms with Crippen molar-refractivity contribution in [2.75, 3.05) is 26.2 Å². The SMILES string of the molecule is CC1CCC(N2CCCN=C2C(C)CC2CCC(N3CCCNC3=N)CC2)CC1. The summed E-state index contributed by atoms with van der Waals surface area (Å²) >= 11 is 0. The second-order valence-electron chi connectivity index (χ2n) is 10.3. The van der Waals surface area contributed by atoms with Gasteiger partial charge in [-0.05, 0) is 82.5 Å². The lowest BCUT2D eigenvalue weighted by atomic mass is 9.79. The van der Waals surface area contributed by atoms with Crippen molar-refractivity contribution in [2.24, 2.45) is 22.7 Å². The fourth-order valence-corrected chi connectivity index (χ4v) is 6.34. The van der Waals surface area contributed by atoms with Crippen LogP contribution in [-0.4, -0.2) is 59.9 Å². The molecule has 29 heavy (non-hydrogen) atoms. The van der Waals surface area contributed by atoms with Crippen LogP contribution in [0, 0.1) is 23.2 Å². The number of aliphatic imine (C=N–C) groups is 1. The second kappa shape index (κ2) is 9.70. The zero-order valence-corrected chi connectivity index (χ0v) is 18.8. The molecule has 0 aromatic rings. The Hall–Kier alpha value is -1.26. The van der Waals surface area contributed by atoms with E-state index in [-0.39, 0.29) is 0 Å². The zero-order chi connectivity index (χ0) is 20.2. The third-order valence-corrected chi connectivity index (χ3v) is 8.09. The van der Waals surface area contributed by atoms with E-state index in [9.17, 15) is 0 Å². The van der Waals surface area contributed by atoms with Gasteiger partial charge in [-0.1, -0.05) is 13.8 Å². The lowest BCUT2D eigenvalue weighted by Crippen LogP contribution is -2.52. The first-order valence-electron chi connectivity index (χ1n) is 12.5. The Bertz CT molecular complexity index is 572. The summed E-state index contributed by atoms with van der Waals surface area (Å²) in [6, 6.07) is 1.34. The van der Waals surface area contributed by atoms with Crippen molar-refractivity contribution in [3.05, 3.63) is 0 Å². The molecule has 5 nitrogen and oxygen atoms in total. The number of hydrogen-bond donors (Lipinski definition) is 2. The number of nitrogens with zero attached hydrogens (tertiary/aromatic N) is 3. The summed E-state index contributed by atoms with van der Waals surface area (Å²) in [5, 5.41) is 11.4. The molecular weight excluding hydrogens is 358 g/mol. The molecule has 2 saturated carbocycles. The monoisotopic (exact) mass is 401 g/mol. The fraction of sp³-hybridized carbons (Fsp3) is 0.917. The van der Waals surface area contributed by atoms with Gasteiger partial charge in [0, 0.05) is 44.2 Å². The van der Waals surface area contributed by atoms with E-state index < -0.39 is 0 Å². The van der Waals surface area contributed by atoms with Gasteiger partial charge in [0.05, 0.1) is 0 Å². The van der Waals surface area contributed by atoms with Crippen molar-refractivity contribution < 1.29 is 0 Å². The Morgan fingerprint density at radius 2 is 1.62 bits per heavy atom. The first-order chi connectivity index (χ1) is 14.1. The van der Waals surface area contributed by atoms with Crippen LogP contribution in [0.15, 0.2) is 4.99 Å². The minimum absolute atomic E-state index is 0.592. The van der Waals surface area contributed by atoms with E-state index in [2.05, 4.69) is 29.0 Å². The molecule has 4 rings (SSSR count). The largest absolute Gasteiger partial charge is 0.357 e. The van der Waals surface area contributed by atoms with Crippen molar-refractivity contribution in [3.63, 3.8) is 0 Å². The van der Waals surface area contributed by atoms with Crippen LogP contribution >= 0.6 is 0 Å². The predicted molar refractivity (Wildman–Crippen MR) is 122 cm³/mol. The Morgan fingerprint density at radius 1 is 0.966 bits per heavy atom. The Labute approximate surface area is 178 Å². The molecule has 1 atom stereocenters. The standard InChI is InChI=1S/C24H43N5/c1-18-5-9-21(10-6-18)28-15-3-13-26-23(28)19(2)17-20-7-11-22(12-8-20)29-16-4-14-27-24(29)25/h18-22H,3-17H2,1-2H3,(H2,25,27). The molecule has 2 aliphatic carbocycles. The molecule has 2 aliphatic heterocycles. The van der Waals surface area contributed by atoms with Crippen LogP contribution in [0.25, 0.3) is 0 Å². The average molecular weight is 402 g/mol. The van der Waals surface area contributed by atoms with Crippen LogP contribution in [0.5, 0.6) is 0 Å². The molecular formula is C24H43N5. The van der Waals surface area contributed by atoms with Crippen molar-refractivity contribution in [1.82, 2.24) is 15.1 Å². The quantitative estimate of drug-likeness (QED) is 0.714. The number of amidine groups is 1. The van der Waals surface area contributed by atoms with E-state index in [4.69, 9.17) is 10.4 Å². The Balaban J connectivity index is 1.29. The third-order valence-electron chi connectivity index (χ3n) is 8.09. The predicted octanol–water partition coefficient (Wildman–Crippen LogP) is 4.48. The van der Waals surface area contributed by atoms with Gasteiger partial charge in [-0.3, -0.25) is 10.4 Å². The minimum Gasteiger partial charge on any atom is -0.357 e. The van der Waals surface area contributed by atoms with Crippen LogP contribution < -0.4 is 5.32 Å². The lowest BCUT2D eigenvalue weighted by Gasteiger charge is -2.43. The van der Waals surface area contributed by atoms with Crippen LogP contribution in [0.1, 0.15) is 84.5 Å². The first kappa shape index (κ1) is 21.0. The molecule has 0 aromatic carbocycles. The van der Waals surface area contributed by atoms with Crippen molar-refractivity contribution >= 4 is 11.8 Å². The van der Waals surface area contributed by atoms with E-state index in [0.29, 0.717) is 17.9 Å². The fourth-order valence-electron chi connectivity index (χ4n) is 6.34. The van der Waals surface area contributed by atoms with Gasteiger partial charge in [0.2, 0.25) is 0 Å². The zero-order valence-electron chi connectivity index (χ0n) is 18.8. The average Bonchev–Trinajstić information content (AvgIpc) is 2.75. The molecule has 3 fully saturated rings. The molecule has 4 aliphatic rings. The van der Waals surface area contributed by atoms with Gasteiger partial charge in [0.25, 0.3) is 0 Å². The summed E-state index contributed by atoms with van der Waals surface area (Å²) in [6.07, 6.45) is 14.4. The van der Waals surface area contributed by atoms with E-state index in [1.165, 1.54) is 83.0 Å². The number of nitrogens with one attached hydrogen (secondary N) is 2. The maximum atomic E-state index is 8.20. The number of guanidine groups is 1. The van der Waals surface area contributed by atoms with Gasteiger partial charge >= 0.3 is 0 Å². The van der Waals surface area contributed by atoms with Crippen molar-refractivity contribution in [2.45, 2.75) is 96.6 Å². The van der Waals surface area contributed by atoms with Crippen molar-refractivity contribution in [1.29, 1.82) is 5.41 Å². The Kier molecular flexibility index (Phi) is 7.02. The van der Waals surface area contributed by atoms with E-state index in [0.717, 1.165) is 37.5 Å². The third kappa shape index (κ3) is 5.08. The van der Waals surface area contributed by atoms with Gasteiger partial charge in [-0.25, -0.2) is 0 Å². The molecule has 0 spiro atoms. The highest BCUT2D eigenvalue weighted by Crippen LogP contribution is 2.35. The highest BCUT2D eigenvalue weighted by molar-refractivity contribution is 5.85. The molecule has 1 saturated heterocycles. The summed E-state index contributed by atoms with van der Waals surface area (Å²) in [4.78, 5) is 10.1. The molecule has 164 valence electrons. The van der Waals surface area contributed by atoms with Crippen LogP contribution in [0.4, 0.5) is 0 Å². The number of hydrogen-bond acceptors (Lipinski definition) is 3. The molecule has 0 amide bonds. The summed E-state index contributed by atoms with van der Waals surface area (Å²) in [5.41, 5.74) is 0.